The van der Waals surface area contributed by atoms with Gasteiger partial charge in [-0.05, 0) is 19.1 Å². The highest BCUT2D eigenvalue weighted by molar-refractivity contribution is 7.99. The fourth-order valence-electron chi connectivity index (χ4n) is 2.06. The largest absolute Gasteiger partial charge is 0.494 e. The maximum atomic E-state index is 9.71. The number of hydrogen-bond donors (Lipinski definition) is 1. The zero-order valence-corrected chi connectivity index (χ0v) is 10.4. The Morgan fingerprint density at radius 2 is 2.47 bits per heavy atom. The molecule has 0 radical (unpaired) electrons. The molecule has 1 aliphatic rings. The Morgan fingerprint density at radius 1 is 1.59 bits per heavy atom. The molecule has 0 bridgehead atoms. The molecule has 5 heteroatoms. The SMILES string of the molecule is CCOc1ccc2nc3n(c2c1)CC(O)CS3. The van der Waals surface area contributed by atoms with Crippen LogP contribution < -0.4 is 4.74 Å². The fourth-order valence-corrected chi connectivity index (χ4v) is 3.00. The second kappa shape index (κ2) is 4.23. The third kappa shape index (κ3) is 1.89. The van der Waals surface area contributed by atoms with Gasteiger partial charge in [0.05, 0.1) is 30.3 Å². The molecule has 1 unspecified atom stereocenters. The molecule has 1 aliphatic heterocycles. The number of fused-ring (bicyclic) bond motifs is 3. The van der Waals surface area contributed by atoms with Crippen molar-refractivity contribution >= 4 is 22.8 Å². The van der Waals surface area contributed by atoms with Crippen molar-refractivity contribution in [2.75, 3.05) is 12.4 Å². The van der Waals surface area contributed by atoms with Crippen LogP contribution in [-0.2, 0) is 6.54 Å². The third-order valence-corrected chi connectivity index (χ3v) is 3.92. The van der Waals surface area contributed by atoms with Crippen molar-refractivity contribution in [3.63, 3.8) is 0 Å². The van der Waals surface area contributed by atoms with Crippen molar-refractivity contribution < 1.29 is 9.84 Å². The molecule has 2 heterocycles. The highest BCUT2D eigenvalue weighted by atomic mass is 32.2. The van der Waals surface area contributed by atoms with Gasteiger partial charge in [-0.1, -0.05) is 11.8 Å². The second-order valence-electron chi connectivity index (χ2n) is 4.05. The first kappa shape index (κ1) is 10.9. The van der Waals surface area contributed by atoms with E-state index in [9.17, 15) is 5.11 Å². The Kier molecular flexibility index (Phi) is 2.72. The smallest absolute Gasteiger partial charge is 0.169 e. The molecular weight excluding hydrogens is 236 g/mol. The van der Waals surface area contributed by atoms with Gasteiger partial charge in [-0.15, -0.1) is 0 Å². The zero-order valence-electron chi connectivity index (χ0n) is 9.59. The Morgan fingerprint density at radius 3 is 3.29 bits per heavy atom. The van der Waals surface area contributed by atoms with Crippen molar-refractivity contribution in [1.29, 1.82) is 0 Å². The zero-order chi connectivity index (χ0) is 11.8. The average Bonchev–Trinajstić information content (AvgIpc) is 2.67. The van der Waals surface area contributed by atoms with Crippen LogP contribution in [0.1, 0.15) is 6.92 Å². The standard InChI is InChI=1S/C12H14N2O2S/c1-2-16-9-3-4-10-11(5-9)14-6-8(15)7-17-12(14)13-10/h3-5,8,15H,2,6-7H2,1H3. The van der Waals surface area contributed by atoms with Crippen LogP contribution in [0.3, 0.4) is 0 Å². The van der Waals surface area contributed by atoms with Gasteiger partial charge < -0.3 is 14.4 Å². The minimum atomic E-state index is -0.291. The third-order valence-electron chi connectivity index (χ3n) is 2.79. The lowest BCUT2D eigenvalue weighted by atomic mass is 10.3. The molecule has 17 heavy (non-hydrogen) atoms. The summed E-state index contributed by atoms with van der Waals surface area (Å²) in [5.41, 5.74) is 2.00. The molecule has 0 aliphatic carbocycles. The van der Waals surface area contributed by atoms with E-state index < -0.39 is 0 Å². The highest BCUT2D eigenvalue weighted by Crippen LogP contribution is 2.30. The molecular formula is C12H14N2O2S. The Labute approximate surface area is 104 Å². The monoisotopic (exact) mass is 250 g/mol. The normalized spacial score (nSPS) is 19.3. The van der Waals surface area contributed by atoms with Crippen molar-refractivity contribution in [2.24, 2.45) is 0 Å². The van der Waals surface area contributed by atoms with Crippen molar-refractivity contribution in [3.8, 4) is 5.75 Å². The summed E-state index contributed by atoms with van der Waals surface area (Å²) < 4.78 is 7.56. The summed E-state index contributed by atoms with van der Waals surface area (Å²) in [5.74, 6) is 1.58. The molecule has 2 aromatic rings. The number of rotatable bonds is 2. The van der Waals surface area contributed by atoms with Crippen LogP contribution in [-0.4, -0.2) is 33.1 Å². The second-order valence-corrected chi connectivity index (χ2v) is 5.04. The first-order chi connectivity index (χ1) is 8.28. The van der Waals surface area contributed by atoms with Crippen LogP contribution in [0.4, 0.5) is 0 Å². The van der Waals surface area contributed by atoms with Gasteiger partial charge in [-0.3, -0.25) is 0 Å². The number of aromatic nitrogens is 2. The summed E-state index contributed by atoms with van der Waals surface area (Å²) in [4.78, 5) is 4.55. The Bertz CT molecular complexity index is 553. The molecule has 0 saturated carbocycles. The molecule has 1 N–H and O–H groups in total. The molecule has 0 saturated heterocycles. The average molecular weight is 250 g/mol. The van der Waals surface area contributed by atoms with Crippen molar-refractivity contribution in [2.45, 2.75) is 24.7 Å². The number of benzene rings is 1. The van der Waals surface area contributed by atoms with Crippen LogP contribution in [0.5, 0.6) is 5.75 Å². The molecule has 3 rings (SSSR count). The molecule has 1 aromatic heterocycles. The highest BCUT2D eigenvalue weighted by Gasteiger charge is 2.20. The molecule has 1 aromatic carbocycles. The van der Waals surface area contributed by atoms with E-state index in [1.165, 1.54) is 0 Å². The lowest BCUT2D eigenvalue weighted by Gasteiger charge is -2.19. The van der Waals surface area contributed by atoms with E-state index in [2.05, 4.69) is 9.55 Å². The number of thioether (sulfide) groups is 1. The maximum absolute atomic E-state index is 9.71. The van der Waals surface area contributed by atoms with E-state index in [0.29, 0.717) is 13.2 Å². The predicted octanol–water partition coefficient (Wildman–Crippen LogP) is 1.90. The lowest BCUT2D eigenvalue weighted by molar-refractivity contribution is 0.172. The minimum Gasteiger partial charge on any atom is -0.494 e. The summed E-state index contributed by atoms with van der Waals surface area (Å²) in [6.07, 6.45) is -0.291. The van der Waals surface area contributed by atoms with Crippen LogP contribution in [0.25, 0.3) is 11.0 Å². The topological polar surface area (TPSA) is 47.3 Å². The van der Waals surface area contributed by atoms with Gasteiger partial charge in [0.2, 0.25) is 0 Å². The van der Waals surface area contributed by atoms with Crippen molar-refractivity contribution in [3.05, 3.63) is 18.2 Å². The molecule has 90 valence electrons. The molecule has 0 amide bonds. The Balaban J connectivity index is 2.11. The van der Waals surface area contributed by atoms with E-state index in [1.54, 1.807) is 11.8 Å². The number of hydrogen-bond acceptors (Lipinski definition) is 4. The summed E-state index contributed by atoms with van der Waals surface area (Å²) >= 11 is 1.60. The van der Waals surface area contributed by atoms with Crippen LogP contribution in [0.2, 0.25) is 0 Å². The van der Waals surface area contributed by atoms with Gasteiger partial charge in [0.1, 0.15) is 5.75 Å². The van der Waals surface area contributed by atoms with Crippen LogP contribution >= 0.6 is 11.8 Å². The predicted molar refractivity (Wildman–Crippen MR) is 67.6 cm³/mol. The number of aliphatic hydroxyl groups is 1. The summed E-state index contributed by atoms with van der Waals surface area (Å²) in [5, 5.41) is 10.7. The number of aliphatic hydroxyl groups excluding tert-OH is 1. The van der Waals surface area contributed by atoms with E-state index in [0.717, 1.165) is 27.7 Å². The van der Waals surface area contributed by atoms with Crippen LogP contribution in [0, 0.1) is 0 Å². The lowest BCUT2D eigenvalue weighted by Crippen LogP contribution is -2.23. The van der Waals surface area contributed by atoms with Gasteiger partial charge in [-0.25, -0.2) is 4.98 Å². The summed E-state index contributed by atoms with van der Waals surface area (Å²) in [7, 11) is 0. The number of ether oxygens (including phenoxy) is 1. The Hall–Kier alpha value is -1.20. The molecule has 0 fully saturated rings. The van der Waals surface area contributed by atoms with Crippen molar-refractivity contribution in [1.82, 2.24) is 9.55 Å². The van der Waals surface area contributed by atoms with E-state index >= 15 is 0 Å². The van der Waals surface area contributed by atoms with E-state index in [4.69, 9.17) is 4.74 Å². The molecule has 0 spiro atoms. The van der Waals surface area contributed by atoms with Gasteiger partial charge in [0.25, 0.3) is 0 Å². The van der Waals surface area contributed by atoms with Gasteiger partial charge in [0.15, 0.2) is 5.16 Å². The summed E-state index contributed by atoms with van der Waals surface area (Å²) in [6, 6.07) is 5.90. The number of nitrogens with zero attached hydrogens (tertiary/aromatic N) is 2. The molecule has 4 nitrogen and oxygen atoms in total. The van der Waals surface area contributed by atoms with Gasteiger partial charge in [0, 0.05) is 11.8 Å². The van der Waals surface area contributed by atoms with E-state index in [1.807, 2.05) is 25.1 Å². The minimum absolute atomic E-state index is 0.291. The number of imidazole rings is 1. The van der Waals surface area contributed by atoms with Gasteiger partial charge >= 0.3 is 0 Å². The summed E-state index contributed by atoms with van der Waals surface area (Å²) in [6.45, 7) is 3.24. The van der Waals surface area contributed by atoms with E-state index in [-0.39, 0.29) is 6.10 Å². The van der Waals surface area contributed by atoms with Crippen LogP contribution in [0.15, 0.2) is 23.4 Å². The molecule has 1 atom stereocenters. The first-order valence-electron chi connectivity index (χ1n) is 5.72. The maximum Gasteiger partial charge on any atom is 0.169 e. The van der Waals surface area contributed by atoms with Gasteiger partial charge in [-0.2, -0.15) is 0 Å². The fraction of sp³-hybridized carbons (Fsp3) is 0.417. The quantitative estimate of drug-likeness (QED) is 0.884. The first-order valence-corrected chi connectivity index (χ1v) is 6.70.